The molecule has 0 aromatic heterocycles. The highest BCUT2D eigenvalue weighted by atomic mass is 79.9. The van der Waals surface area contributed by atoms with Gasteiger partial charge < -0.3 is 10.4 Å². The van der Waals surface area contributed by atoms with E-state index in [9.17, 15) is 9.59 Å². The summed E-state index contributed by atoms with van der Waals surface area (Å²) in [5, 5.41) is 12.1. The van der Waals surface area contributed by atoms with Gasteiger partial charge in [-0.3, -0.25) is 9.59 Å². The molecule has 1 aliphatic carbocycles. The van der Waals surface area contributed by atoms with Crippen LogP contribution in [0.15, 0.2) is 53.0 Å². The van der Waals surface area contributed by atoms with Gasteiger partial charge in [-0.2, -0.15) is 0 Å². The maximum absolute atomic E-state index is 12.8. The molecule has 3 rings (SSSR count). The third-order valence-electron chi connectivity index (χ3n) is 4.58. The molecule has 2 aromatic rings. The molecule has 2 aromatic carbocycles. The molecule has 1 amide bonds. The Hall–Kier alpha value is -2.14. The fraction of sp³-hybridized carbons (Fsp3) is 0.263. The summed E-state index contributed by atoms with van der Waals surface area (Å²) < 4.78 is 0.955. The van der Waals surface area contributed by atoms with Crippen LogP contribution in [0.5, 0.6) is 0 Å². The average molecular weight is 388 g/mol. The van der Waals surface area contributed by atoms with E-state index in [0.29, 0.717) is 11.3 Å². The Labute approximate surface area is 149 Å². The number of carbonyl (C=O) groups excluding carboxylic acids is 1. The molecule has 0 heterocycles. The van der Waals surface area contributed by atoms with E-state index in [2.05, 4.69) is 21.2 Å². The summed E-state index contributed by atoms with van der Waals surface area (Å²) in [5.74, 6) is -1.53. The lowest BCUT2D eigenvalue weighted by molar-refractivity contribution is -0.138. The number of hydrogen-bond acceptors (Lipinski definition) is 2. The largest absolute Gasteiger partial charge is 0.481 e. The maximum Gasteiger partial charge on any atom is 0.310 e. The minimum absolute atomic E-state index is 0.0410. The Morgan fingerprint density at radius 2 is 1.88 bits per heavy atom. The van der Waals surface area contributed by atoms with Crippen LogP contribution in [0.25, 0.3) is 0 Å². The molecule has 0 radical (unpaired) electrons. The fourth-order valence-corrected chi connectivity index (χ4v) is 3.24. The summed E-state index contributed by atoms with van der Waals surface area (Å²) in [6, 6.07) is 14.9. The van der Waals surface area contributed by atoms with Crippen molar-refractivity contribution >= 4 is 33.5 Å². The zero-order valence-electron chi connectivity index (χ0n) is 13.3. The van der Waals surface area contributed by atoms with E-state index in [4.69, 9.17) is 5.11 Å². The number of hydrogen-bond donors (Lipinski definition) is 2. The number of halogens is 1. The Balaban J connectivity index is 1.80. The Morgan fingerprint density at radius 1 is 1.17 bits per heavy atom. The number of benzene rings is 2. The van der Waals surface area contributed by atoms with E-state index in [0.717, 1.165) is 22.9 Å². The Bertz CT molecular complexity index is 799. The SMILES string of the molecule is CC(C(=O)O)c1cccc(NC(=O)C2(c3cccc(Br)c3)CC2)c1. The molecule has 0 bridgehead atoms. The molecule has 1 unspecified atom stereocenters. The van der Waals surface area contributed by atoms with Crippen LogP contribution in [0.3, 0.4) is 0 Å². The van der Waals surface area contributed by atoms with E-state index in [1.54, 1.807) is 31.2 Å². The molecule has 0 saturated heterocycles. The van der Waals surface area contributed by atoms with Crippen molar-refractivity contribution in [2.24, 2.45) is 0 Å². The molecule has 2 N–H and O–H groups in total. The second-order valence-corrected chi connectivity index (χ2v) is 7.15. The van der Waals surface area contributed by atoms with Crippen LogP contribution >= 0.6 is 15.9 Å². The van der Waals surface area contributed by atoms with E-state index >= 15 is 0 Å². The van der Waals surface area contributed by atoms with Gasteiger partial charge in [-0.15, -0.1) is 0 Å². The molecule has 4 nitrogen and oxygen atoms in total. The third kappa shape index (κ3) is 3.22. The standard InChI is InChI=1S/C19H18BrNO3/c1-12(17(22)23)13-4-2-7-16(10-13)21-18(24)19(8-9-19)14-5-3-6-15(20)11-14/h2-7,10-12H,8-9H2,1H3,(H,21,24)(H,22,23). The molecule has 0 aliphatic heterocycles. The number of carboxylic acids is 1. The zero-order chi connectivity index (χ0) is 17.3. The second-order valence-electron chi connectivity index (χ2n) is 6.23. The number of carboxylic acid groups (broad SMARTS) is 1. The predicted octanol–water partition coefficient (Wildman–Crippen LogP) is 4.31. The molecular weight excluding hydrogens is 370 g/mol. The van der Waals surface area contributed by atoms with Crippen molar-refractivity contribution in [1.29, 1.82) is 0 Å². The number of nitrogens with one attached hydrogen (secondary N) is 1. The van der Waals surface area contributed by atoms with E-state index in [-0.39, 0.29) is 5.91 Å². The van der Waals surface area contributed by atoms with Crippen molar-refractivity contribution in [1.82, 2.24) is 0 Å². The molecule has 1 fully saturated rings. The average Bonchev–Trinajstić information content (AvgIpc) is 3.36. The van der Waals surface area contributed by atoms with Gasteiger partial charge in [0.15, 0.2) is 0 Å². The summed E-state index contributed by atoms with van der Waals surface area (Å²) in [6.45, 7) is 1.63. The summed E-state index contributed by atoms with van der Waals surface area (Å²) in [5.41, 5.74) is 1.84. The van der Waals surface area contributed by atoms with Gasteiger partial charge in [0.2, 0.25) is 5.91 Å². The number of amides is 1. The maximum atomic E-state index is 12.8. The molecule has 0 spiro atoms. The first-order valence-electron chi connectivity index (χ1n) is 7.83. The molecule has 124 valence electrons. The summed E-state index contributed by atoms with van der Waals surface area (Å²) >= 11 is 3.45. The van der Waals surface area contributed by atoms with Crippen molar-refractivity contribution in [3.05, 3.63) is 64.1 Å². The number of aliphatic carboxylic acids is 1. The normalized spacial score (nSPS) is 16.2. The highest BCUT2D eigenvalue weighted by molar-refractivity contribution is 9.10. The molecule has 1 atom stereocenters. The van der Waals surface area contributed by atoms with Gasteiger partial charge in [-0.05, 0) is 55.2 Å². The first kappa shape index (κ1) is 16.7. The second kappa shape index (κ2) is 6.40. The molecule has 1 aliphatic rings. The number of anilines is 1. The first-order chi connectivity index (χ1) is 11.4. The summed E-state index contributed by atoms with van der Waals surface area (Å²) in [4.78, 5) is 23.9. The summed E-state index contributed by atoms with van der Waals surface area (Å²) in [6.07, 6.45) is 1.64. The Morgan fingerprint density at radius 3 is 2.50 bits per heavy atom. The smallest absolute Gasteiger partial charge is 0.310 e. The monoisotopic (exact) mass is 387 g/mol. The van der Waals surface area contributed by atoms with Gasteiger partial charge in [-0.25, -0.2) is 0 Å². The van der Waals surface area contributed by atoms with Gasteiger partial charge in [-0.1, -0.05) is 40.2 Å². The van der Waals surface area contributed by atoms with E-state index in [1.165, 1.54) is 0 Å². The fourth-order valence-electron chi connectivity index (χ4n) is 2.84. The lowest BCUT2D eigenvalue weighted by atomic mass is 9.94. The lowest BCUT2D eigenvalue weighted by Gasteiger charge is -2.17. The van der Waals surface area contributed by atoms with Crippen LogP contribution in [0.2, 0.25) is 0 Å². The summed E-state index contributed by atoms with van der Waals surface area (Å²) in [7, 11) is 0. The van der Waals surface area contributed by atoms with Crippen molar-refractivity contribution in [2.75, 3.05) is 5.32 Å². The third-order valence-corrected chi connectivity index (χ3v) is 5.07. The zero-order valence-corrected chi connectivity index (χ0v) is 14.8. The Kier molecular flexibility index (Phi) is 4.45. The number of rotatable bonds is 5. The van der Waals surface area contributed by atoms with E-state index < -0.39 is 17.3 Å². The van der Waals surface area contributed by atoms with Crippen molar-refractivity contribution in [3.63, 3.8) is 0 Å². The van der Waals surface area contributed by atoms with Crippen LogP contribution in [-0.2, 0) is 15.0 Å². The van der Waals surface area contributed by atoms with Gasteiger partial charge in [0.1, 0.15) is 0 Å². The van der Waals surface area contributed by atoms with Crippen LogP contribution in [-0.4, -0.2) is 17.0 Å². The van der Waals surface area contributed by atoms with Crippen LogP contribution in [0, 0.1) is 0 Å². The first-order valence-corrected chi connectivity index (χ1v) is 8.62. The number of carbonyl (C=O) groups is 2. The minimum Gasteiger partial charge on any atom is -0.481 e. The molecular formula is C19H18BrNO3. The van der Waals surface area contributed by atoms with Crippen molar-refractivity contribution in [3.8, 4) is 0 Å². The van der Waals surface area contributed by atoms with Gasteiger partial charge in [0, 0.05) is 10.2 Å². The van der Waals surface area contributed by atoms with Crippen LogP contribution in [0.4, 0.5) is 5.69 Å². The predicted molar refractivity (Wildman–Crippen MR) is 96.2 cm³/mol. The van der Waals surface area contributed by atoms with Crippen molar-refractivity contribution in [2.45, 2.75) is 31.1 Å². The van der Waals surface area contributed by atoms with E-state index in [1.807, 2.05) is 24.3 Å². The van der Waals surface area contributed by atoms with Crippen LogP contribution < -0.4 is 5.32 Å². The van der Waals surface area contributed by atoms with Gasteiger partial charge in [0.05, 0.1) is 11.3 Å². The quantitative estimate of drug-likeness (QED) is 0.802. The van der Waals surface area contributed by atoms with Gasteiger partial charge >= 0.3 is 5.97 Å². The molecule has 1 saturated carbocycles. The minimum atomic E-state index is -0.883. The molecule has 24 heavy (non-hydrogen) atoms. The van der Waals surface area contributed by atoms with Crippen LogP contribution in [0.1, 0.15) is 36.8 Å². The lowest BCUT2D eigenvalue weighted by Crippen LogP contribution is -2.27. The highest BCUT2D eigenvalue weighted by Crippen LogP contribution is 2.49. The van der Waals surface area contributed by atoms with Gasteiger partial charge in [0.25, 0.3) is 0 Å². The molecule has 5 heteroatoms. The topological polar surface area (TPSA) is 66.4 Å². The van der Waals surface area contributed by atoms with Crippen molar-refractivity contribution < 1.29 is 14.7 Å². The highest BCUT2D eigenvalue weighted by Gasteiger charge is 2.51.